The molecule has 2 heterocycles. The molecule has 2 amide bonds. The molecule has 3 aliphatic rings. The van der Waals surface area contributed by atoms with Crippen LogP contribution in [0.5, 0.6) is 0 Å². The Kier molecular flexibility index (Phi) is 9.77. The van der Waals surface area contributed by atoms with Gasteiger partial charge in [0.15, 0.2) is 12.6 Å². The minimum absolute atomic E-state index is 0.132. The van der Waals surface area contributed by atoms with Crippen LogP contribution in [0.15, 0.2) is 18.2 Å². The third kappa shape index (κ3) is 6.96. The average molecular weight is 471 g/mol. The normalized spacial score (nSPS) is 22.1. The number of nitrogens with zero attached hydrogens (tertiary/aromatic N) is 3. The highest BCUT2D eigenvalue weighted by molar-refractivity contribution is 6.00. The quantitative estimate of drug-likeness (QED) is 0.504. The predicted octanol–water partition coefficient (Wildman–Crippen LogP) is 2.37. The smallest absolute Gasteiger partial charge is 0.243 e. The Labute approximate surface area is 202 Å². The molecule has 1 aromatic rings. The molecule has 2 aliphatic heterocycles. The van der Waals surface area contributed by atoms with Gasteiger partial charge in [0.05, 0.1) is 6.04 Å². The Balaban J connectivity index is 0.000000248. The lowest BCUT2D eigenvalue weighted by Crippen LogP contribution is -2.50. The molecule has 1 saturated carbocycles. The highest BCUT2D eigenvalue weighted by Gasteiger charge is 2.27. The summed E-state index contributed by atoms with van der Waals surface area (Å²) in [7, 11) is 3.67. The molecule has 186 valence electrons. The number of amides is 2. The lowest BCUT2D eigenvalue weighted by Gasteiger charge is -2.38. The van der Waals surface area contributed by atoms with Crippen LogP contribution in [-0.4, -0.2) is 87.0 Å². The monoisotopic (exact) mass is 470 g/mol. The molecule has 1 N–H and O–H groups in total. The van der Waals surface area contributed by atoms with Crippen LogP contribution in [0.1, 0.15) is 65.7 Å². The number of rotatable bonds is 6. The fraction of sp³-hybridized carbons (Fsp3) is 0.615. The first-order valence-electron chi connectivity index (χ1n) is 12.4. The Bertz CT molecular complexity index is 858. The number of piperazine rings is 1. The third-order valence-corrected chi connectivity index (χ3v) is 7.15. The lowest BCUT2D eigenvalue weighted by atomic mass is 9.89. The van der Waals surface area contributed by atoms with Gasteiger partial charge in [0, 0.05) is 56.0 Å². The van der Waals surface area contributed by atoms with E-state index in [0.717, 1.165) is 50.4 Å². The van der Waals surface area contributed by atoms with Crippen LogP contribution in [0.2, 0.25) is 0 Å². The van der Waals surface area contributed by atoms with E-state index in [1.54, 1.807) is 6.07 Å². The number of hydrogen-bond donors (Lipinski definition) is 1. The molecule has 0 radical (unpaired) electrons. The van der Waals surface area contributed by atoms with Gasteiger partial charge in [-0.3, -0.25) is 34.3 Å². The summed E-state index contributed by atoms with van der Waals surface area (Å²) in [6.07, 6.45) is 9.64. The molecule has 1 unspecified atom stereocenters. The topological polar surface area (TPSA) is 90.0 Å². The molecule has 0 aromatic heterocycles. The maximum absolute atomic E-state index is 11.4. The number of aldehydes is 2. The van der Waals surface area contributed by atoms with Crippen LogP contribution in [-0.2, 0) is 9.59 Å². The molecule has 3 fully saturated rings. The molecule has 0 spiro atoms. The van der Waals surface area contributed by atoms with Crippen molar-refractivity contribution < 1.29 is 19.2 Å². The Morgan fingerprint density at radius 1 is 0.971 bits per heavy atom. The number of hydrogen-bond acceptors (Lipinski definition) is 7. The molecule has 4 rings (SSSR count). The Hall–Kier alpha value is -2.58. The second kappa shape index (κ2) is 12.8. The molecule has 34 heavy (non-hydrogen) atoms. The fourth-order valence-corrected chi connectivity index (χ4v) is 5.16. The number of piperidine rings is 1. The van der Waals surface area contributed by atoms with Crippen LogP contribution in [0, 0.1) is 5.92 Å². The van der Waals surface area contributed by atoms with Crippen molar-refractivity contribution >= 4 is 30.1 Å². The molecule has 1 aliphatic carbocycles. The second-order valence-corrected chi connectivity index (χ2v) is 9.74. The van der Waals surface area contributed by atoms with E-state index >= 15 is 0 Å². The van der Waals surface area contributed by atoms with Gasteiger partial charge in [0.1, 0.15) is 0 Å². The summed E-state index contributed by atoms with van der Waals surface area (Å²) < 4.78 is 0. The third-order valence-electron chi connectivity index (χ3n) is 7.15. The van der Waals surface area contributed by atoms with Crippen molar-refractivity contribution in [3.8, 4) is 0 Å². The van der Waals surface area contributed by atoms with E-state index in [1.807, 2.05) is 31.1 Å². The minimum Gasteiger partial charge on any atom is -0.368 e. The van der Waals surface area contributed by atoms with E-state index in [0.29, 0.717) is 24.0 Å². The Morgan fingerprint density at radius 3 is 2.26 bits per heavy atom. The predicted molar refractivity (Wildman–Crippen MR) is 132 cm³/mol. The van der Waals surface area contributed by atoms with Crippen molar-refractivity contribution in [1.29, 1.82) is 0 Å². The Morgan fingerprint density at radius 2 is 1.68 bits per heavy atom. The number of carbonyl (C=O) groups is 4. The van der Waals surface area contributed by atoms with E-state index < -0.39 is 0 Å². The summed E-state index contributed by atoms with van der Waals surface area (Å²) in [5.41, 5.74) is 1.92. The van der Waals surface area contributed by atoms with E-state index in [-0.39, 0.29) is 17.9 Å². The SMILES string of the molecule is CN(C)C1CCC(=O)NC1=O.O=Cc1cccc(N2CCN(CC3CCCCC3)CC2)c1C=O. The zero-order valence-electron chi connectivity index (χ0n) is 20.5. The second-order valence-electron chi connectivity index (χ2n) is 9.74. The molecular formula is C26H38N4O4. The van der Waals surface area contributed by atoms with Crippen LogP contribution < -0.4 is 10.2 Å². The average Bonchev–Trinajstić information content (AvgIpc) is 2.84. The van der Waals surface area contributed by atoms with Crippen molar-refractivity contribution in [2.75, 3.05) is 51.7 Å². The van der Waals surface area contributed by atoms with Gasteiger partial charge in [-0.1, -0.05) is 31.4 Å². The van der Waals surface area contributed by atoms with Gasteiger partial charge in [-0.25, -0.2) is 0 Å². The molecule has 2 saturated heterocycles. The van der Waals surface area contributed by atoms with Gasteiger partial charge < -0.3 is 4.90 Å². The summed E-state index contributed by atoms with van der Waals surface area (Å²) in [4.78, 5) is 50.9. The van der Waals surface area contributed by atoms with Gasteiger partial charge >= 0.3 is 0 Å². The first kappa shape index (κ1) is 26.0. The number of likely N-dealkylation sites (N-methyl/N-ethyl adjacent to an activating group) is 1. The van der Waals surface area contributed by atoms with Crippen LogP contribution in [0.4, 0.5) is 5.69 Å². The number of benzene rings is 1. The van der Waals surface area contributed by atoms with Gasteiger partial charge in [0.2, 0.25) is 11.8 Å². The van der Waals surface area contributed by atoms with Gasteiger partial charge in [0.25, 0.3) is 0 Å². The zero-order chi connectivity index (χ0) is 24.5. The van der Waals surface area contributed by atoms with Crippen LogP contribution >= 0.6 is 0 Å². The number of anilines is 1. The standard InChI is InChI=1S/C19H26N2O2.C7H12N2O2/c22-14-17-7-4-8-19(18(17)15-23)21-11-9-20(10-12-21)13-16-5-2-1-3-6-16;1-9(2)5-3-4-6(10)8-7(5)11/h4,7-8,14-16H,1-3,5-6,9-13H2;5H,3-4H2,1-2H3,(H,8,10,11). The summed E-state index contributed by atoms with van der Waals surface area (Å²) in [5, 5.41) is 2.29. The number of carbonyl (C=O) groups excluding carboxylic acids is 4. The first-order chi connectivity index (χ1) is 16.4. The van der Waals surface area contributed by atoms with Crippen molar-refractivity contribution in [2.24, 2.45) is 5.92 Å². The largest absolute Gasteiger partial charge is 0.368 e. The van der Waals surface area contributed by atoms with Crippen molar-refractivity contribution in [1.82, 2.24) is 15.1 Å². The lowest BCUT2D eigenvalue weighted by molar-refractivity contribution is -0.136. The summed E-state index contributed by atoms with van der Waals surface area (Å²) in [6.45, 7) is 5.16. The molecular weight excluding hydrogens is 432 g/mol. The summed E-state index contributed by atoms with van der Waals surface area (Å²) >= 11 is 0. The zero-order valence-corrected chi connectivity index (χ0v) is 20.5. The van der Waals surface area contributed by atoms with E-state index in [2.05, 4.69) is 15.1 Å². The highest BCUT2D eigenvalue weighted by Crippen LogP contribution is 2.26. The van der Waals surface area contributed by atoms with Crippen molar-refractivity contribution in [3.63, 3.8) is 0 Å². The van der Waals surface area contributed by atoms with E-state index in [1.165, 1.54) is 38.6 Å². The van der Waals surface area contributed by atoms with Crippen LogP contribution in [0.3, 0.4) is 0 Å². The van der Waals surface area contributed by atoms with E-state index in [4.69, 9.17) is 0 Å². The summed E-state index contributed by atoms with van der Waals surface area (Å²) in [6, 6.07) is 5.39. The fourth-order valence-electron chi connectivity index (χ4n) is 5.16. The highest BCUT2D eigenvalue weighted by atomic mass is 16.2. The van der Waals surface area contributed by atoms with Gasteiger partial charge in [-0.05, 0) is 45.3 Å². The molecule has 1 atom stereocenters. The van der Waals surface area contributed by atoms with Crippen LogP contribution in [0.25, 0.3) is 0 Å². The molecule has 8 nitrogen and oxygen atoms in total. The molecule has 8 heteroatoms. The van der Waals surface area contributed by atoms with Crippen molar-refractivity contribution in [3.05, 3.63) is 29.3 Å². The number of nitrogens with one attached hydrogen (secondary N) is 1. The summed E-state index contributed by atoms with van der Waals surface area (Å²) in [5.74, 6) is 0.540. The first-order valence-corrected chi connectivity index (χ1v) is 12.4. The minimum atomic E-state index is -0.175. The molecule has 1 aromatic carbocycles. The molecule has 0 bridgehead atoms. The maximum Gasteiger partial charge on any atom is 0.243 e. The maximum atomic E-state index is 11.4. The van der Waals surface area contributed by atoms with Gasteiger partial charge in [-0.2, -0.15) is 0 Å². The number of imide groups is 1. The van der Waals surface area contributed by atoms with E-state index in [9.17, 15) is 19.2 Å². The van der Waals surface area contributed by atoms with Crippen molar-refractivity contribution in [2.45, 2.75) is 51.0 Å². The van der Waals surface area contributed by atoms with Gasteiger partial charge in [-0.15, -0.1) is 0 Å².